The summed E-state index contributed by atoms with van der Waals surface area (Å²) in [5.74, 6) is 2.72. The van der Waals surface area contributed by atoms with Gasteiger partial charge in [0.1, 0.15) is 0 Å². The molecule has 0 heterocycles. The van der Waals surface area contributed by atoms with Crippen molar-refractivity contribution in [2.45, 2.75) is 19.3 Å². The largest absolute Gasteiger partial charge is 0.384 e. The predicted molar refractivity (Wildman–Crippen MR) is 40.5 cm³/mol. The molecule has 2 rings (SSSR count). The van der Waals surface area contributed by atoms with Crippen molar-refractivity contribution >= 4 is 0 Å². The third-order valence-electron chi connectivity index (χ3n) is 3.00. The van der Waals surface area contributed by atoms with Gasteiger partial charge in [0.15, 0.2) is 0 Å². The molecule has 0 unspecified atom stereocenters. The Kier molecular flexibility index (Phi) is 1.69. The minimum atomic E-state index is 0.795. The second kappa shape index (κ2) is 2.54. The average molecular weight is 139 g/mol. The molecule has 0 aromatic heterocycles. The van der Waals surface area contributed by atoms with Crippen LogP contribution >= 0.6 is 0 Å². The molecule has 2 bridgehead atoms. The lowest BCUT2D eigenvalue weighted by molar-refractivity contribution is 0.141. The highest BCUT2D eigenvalue weighted by Crippen LogP contribution is 2.47. The van der Waals surface area contributed by atoms with Crippen molar-refractivity contribution in [3.63, 3.8) is 0 Å². The van der Waals surface area contributed by atoms with E-state index in [9.17, 15) is 0 Å². The maximum absolute atomic E-state index is 5.15. The van der Waals surface area contributed by atoms with E-state index in [1.165, 1.54) is 19.3 Å². The fourth-order valence-electron chi connectivity index (χ4n) is 2.51. The minimum absolute atomic E-state index is 0.795. The SMILES string of the molecule is COC[C@@H]1[CH][C@@H]2CC[C@H]1C2. The molecule has 1 nitrogen and oxygen atoms in total. The van der Waals surface area contributed by atoms with Gasteiger partial charge in [-0.05, 0) is 43.4 Å². The van der Waals surface area contributed by atoms with Crippen LogP contribution in [-0.2, 0) is 4.74 Å². The van der Waals surface area contributed by atoms with E-state index in [0.29, 0.717) is 0 Å². The molecule has 2 saturated carbocycles. The minimum Gasteiger partial charge on any atom is -0.384 e. The van der Waals surface area contributed by atoms with Gasteiger partial charge in [0.25, 0.3) is 0 Å². The Bertz CT molecular complexity index is 122. The van der Waals surface area contributed by atoms with Gasteiger partial charge in [0, 0.05) is 13.7 Å². The van der Waals surface area contributed by atoms with Crippen molar-refractivity contribution in [3.8, 4) is 0 Å². The molecule has 0 aromatic rings. The Morgan fingerprint density at radius 2 is 2.40 bits per heavy atom. The third-order valence-corrected chi connectivity index (χ3v) is 3.00. The van der Waals surface area contributed by atoms with Crippen LogP contribution in [0.5, 0.6) is 0 Å². The molecule has 2 aliphatic rings. The van der Waals surface area contributed by atoms with Crippen molar-refractivity contribution in [1.29, 1.82) is 0 Å². The summed E-state index contributed by atoms with van der Waals surface area (Å²) < 4.78 is 5.15. The van der Waals surface area contributed by atoms with E-state index in [2.05, 4.69) is 6.42 Å². The number of fused-ring (bicyclic) bond motifs is 2. The van der Waals surface area contributed by atoms with Gasteiger partial charge in [-0.25, -0.2) is 0 Å². The second-order valence-electron chi connectivity index (χ2n) is 3.64. The first kappa shape index (κ1) is 6.66. The molecule has 3 atom stereocenters. The van der Waals surface area contributed by atoms with E-state index in [0.717, 1.165) is 24.4 Å². The van der Waals surface area contributed by atoms with Gasteiger partial charge in [-0.2, -0.15) is 0 Å². The van der Waals surface area contributed by atoms with Crippen LogP contribution in [0.15, 0.2) is 0 Å². The summed E-state index contributed by atoms with van der Waals surface area (Å²) in [6.45, 7) is 0.959. The summed E-state index contributed by atoms with van der Waals surface area (Å²) in [6, 6.07) is 0. The monoisotopic (exact) mass is 139 g/mol. The topological polar surface area (TPSA) is 9.23 Å². The highest BCUT2D eigenvalue weighted by atomic mass is 16.5. The molecular weight excluding hydrogens is 124 g/mol. The van der Waals surface area contributed by atoms with Gasteiger partial charge < -0.3 is 4.74 Å². The standard InChI is InChI=1S/C9H15O/c1-10-6-9-5-7-2-3-8(9)4-7/h5,7-9H,2-4,6H2,1H3/t7-,8+,9+/m1/s1. The molecule has 0 N–H and O–H groups in total. The highest BCUT2D eigenvalue weighted by Gasteiger charge is 2.39. The molecule has 0 aliphatic heterocycles. The summed E-state index contributed by atoms with van der Waals surface area (Å²) in [5, 5.41) is 0. The molecule has 0 spiro atoms. The predicted octanol–water partition coefficient (Wildman–Crippen LogP) is 1.88. The van der Waals surface area contributed by atoms with Crippen molar-refractivity contribution in [1.82, 2.24) is 0 Å². The van der Waals surface area contributed by atoms with Gasteiger partial charge >= 0.3 is 0 Å². The number of hydrogen-bond acceptors (Lipinski definition) is 1. The summed E-state index contributed by atoms with van der Waals surface area (Å²) in [5.41, 5.74) is 0. The van der Waals surface area contributed by atoms with Crippen LogP contribution in [0, 0.1) is 24.2 Å². The van der Waals surface area contributed by atoms with Crippen LogP contribution in [0.1, 0.15) is 19.3 Å². The maximum Gasteiger partial charge on any atom is 0.0496 e. The van der Waals surface area contributed by atoms with Gasteiger partial charge in [-0.1, -0.05) is 0 Å². The number of ether oxygens (including phenoxy) is 1. The molecule has 10 heavy (non-hydrogen) atoms. The summed E-state index contributed by atoms with van der Waals surface area (Å²) in [6.07, 6.45) is 6.87. The van der Waals surface area contributed by atoms with E-state index in [1.54, 1.807) is 7.11 Å². The number of methoxy groups -OCH3 is 1. The van der Waals surface area contributed by atoms with E-state index in [4.69, 9.17) is 4.74 Å². The van der Waals surface area contributed by atoms with Crippen LogP contribution in [0.25, 0.3) is 0 Å². The molecule has 0 saturated heterocycles. The molecule has 2 aliphatic carbocycles. The molecule has 2 fully saturated rings. The van der Waals surface area contributed by atoms with Gasteiger partial charge in [-0.15, -0.1) is 0 Å². The Hall–Kier alpha value is -0.0400. The first-order chi connectivity index (χ1) is 4.90. The van der Waals surface area contributed by atoms with E-state index >= 15 is 0 Å². The van der Waals surface area contributed by atoms with Gasteiger partial charge in [0.05, 0.1) is 0 Å². The lowest BCUT2D eigenvalue weighted by Crippen LogP contribution is -2.16. The molecular formula is C9H15O. The molecule has 0 aromatic carbocycles. The Morgan fingerprint density at radius 3 is 2.90 bits per heavy atom. The first-order valence-electron chi connectivity index (χ1n) is 4.24. The lowest BCUT2D eigenvalue weighted by atomic mass is 9.90. The third kappa shape index (κ3) is 0.968. The van der Waals surface area contributed by atoms with E-state index < -0.39 is 0 Å². The van der Waals surface area contributed by atoms with Crippen LogP contribution in [0.4, 0.5) is 0 Å². The molecule has 0 amide bonds. The smallest absolute Gasteiger partial charge is 0.0496 e. The average Bonchev–Trinajstić information content (AvgIpc) is 2.48. The molecule has 1 heteroatoms. The van der Waals surface area contributed by atoms with Crippen LogP contribution in [0.3, 0.4) is 0 Å². The molecule has 57 valence electrons. The number of rotatable bonds is 2. The van der Waals surface area contributed by atoms with E-state index in [1.807, 2.05) is 0 Å². The second-order valence-corrected chi connectivity index (χ2v) is 3.64. The summed E-state index contributed by atoms with van der Waals surface area (Å²) in [4.78, 5) is 0. The summed E-state index contributed by atoms with van der Waals surface area (Å²) in [7, 11) is 1.81. The lowest BCUT2D eigenvalue weighted by Gasteiger charge is -2.19. The van der Waals surface area contributed by atoms with Crippen molar-refractivity contribution < 1.29 is 4.74 Å². The normalized spacial score (nSPS) is 44.7. The summed E-state index contributed by atoms with van der Waals surface area (Å²) >= 11 is 0. The zero-order chi connectivity index (χ0) is 6.97. The number of hydrogen-bond donors (Lipinski definition) is 0. The maximum atomic E-state index is 5.15. The van der Waals surface area contributed by atoms with Crippen molar-refractivity contribution in [2.24, 2.45) is 17.8 Å². The fraction of sp³-hybridized carbons (Fsp3) is 0.889. The Balaban J connectivity index is 1.90. The zero-order valence-electron chi connectivity index (χ0n) is 6.55. The molecule has 1 radical (unpaired) electrons. The first-order valence-corrected chi connectivity index (χ1v) is 4.24. The fourth-order valence-corrected chi connectivity index (χ4v) is 2.51. The highest BCUT2D eigenvalue weighted by molar-refractivity contribution is 5.01. The zero-order valence-corrected chi connectivity index (χ0v) is 6.55. The van der Waals surface area contributed by atoms with Crippen molar-refractivity contribution in [2.75, 3.05) is 13.7 Å². The van der Waals surface area contributed by atoms with Crippen LogP contribution in [0.2, 0.25) is 0 Å². The van der Waals surface area contributed by atoms with Gasteiger partial charge in [-0.3, -0.25) is 0 Å². The van der Waals surface area contributed by atoms with Gasteiger partial charge in [0.2, 0.25) is 0 Å². The van der Waals surface area contributed by atoms with Crippen LogP contribution < -0.4 is 0 Å². The van der Waals surface area contributed by atoms with E-state index in [-0.39, 0.29) is 0 Å². The Labute approximate surface area is 62.8 Å². The Morgan fingerprint density at radius 1 is 1.50 bits per heavy atom. The van der Waals surface area contributed by atoms with Crippen LogP contribution in [-0.4, -0.2) is 13.7 Å². The van der Waals surface area contributed by atoms with Crippen molar-refractivity contribution in [3.05, 3.63) is 6.42 Å². The quantitative estimate of drug-likeness (QED) is 0.567.